The summed E-state index contributed by atoms with van der Waals surface area (Å²) >= 11 is 6.36. The Morgan fingerprint density at radius 3 is 2.69 bits per heavy atom. The fourth-order valence-electron chi connectivity index (χ4n) is 1.96. The van der Waals surface area contributed by atoms with Gasteiger partial charge in [-0.25, -0.2) is 0 Å². The van der Waals surface area contributed by atoms with Gasteiger partial charge in [0.05, 0.1) is 0 Å². The third-order valence-corrected chi connectivity index (χ3v) is 3.41. The van der Waals surface area contributed by atoms with Gasteiger partial charge >= 0.3 is 0 Å². The molecule has 1 nitrogen and oxygen atoms in total. The minimum Gasteiger partial charge on any atom is -0.310 e. The van der Waals surface area contributed by atoms with Gasteiger partial charge in [-0.15, -0.1) is 0 Å². The molecular formula is C14H22ClN. The molecule has 16 heavy (non-hydrogen) atoms. The molecular weight excluding hydrogens is 218 g/mol. The predicted molar refractivity (Wildman–Crippen MR) is 72.1 cm³/mol. The average molecular weight is 240 g/mol. The molecule has 1 atom stereocenters. The monoisotopic (exact) mass is 239 g/mol. The molecule has 0 aliphatic rings. The Labute approximate surface area is 104 Å². The molecule has 0 amide bonds. The van der Waals surface area contributed by atoms with E-state index in [0.29, 0.717) is 6.04 Å². The lowest BCUT2D eigenvalue weighted by atomic mass is 9.99. The number of rotatable bonds is 6. The summed E-state index contributed by atoms with van der Waals surface area (Å²) in [5.41, 5.74) is 2.41. The van der Waals surface area contributed by atoms with Crippen molar-refractivity contribution in [2.75, 3.05) is 6.54 Å². The van der Waals surface area contributed by atoms with Crippen molar-refractivity contribution < 1.29 is 0 Å². The molecule has 2 heteroatoms. The van der Waals surface area contributed by atoms with E-state index in [1.807, 2.05) is 0 Å². The highest BCUT2D eigenvalue weighted by molar-refractivity contribution is 6.32. The van der Waals surface area contributed by atoms with Crippen molar-refractivity contribution in [3.63, 3.8) is 0 Å². The van der Waals surface area contributed by atoms with Gasteiger partial charge in [-0.3, -0.25) is 0 Å². The summed E-state index contributed by atoms with van der Waals surface area (Å²) in [5.74, 6) is 0. The van der Waals surface area contributed by atoms with E-state index in [-0.39, 0.29) is 0 Å². The van der Waals surface area contributed by atoms with Gasteiger partial charge in [0.25, 0.3) is 0 Å². The molecule has 0 bridgehead atoms. The van der Waals surface area contributed by atoms with Gasteiger partial charge in [0, 0.05) is 11.1 Å². The van der Waals surface area contributed by atoms with Gasteiger partial charge in [0.1, 0.15) is 0 Å². The van der Waals surface area contributed by atoms with Crippen LogP contribution in [-0.4, -0.2) is 6.54 Å². The van der Waals surface area contributed by atoms with E-state index in [2.05, 4.69) is 44.3 Å². The number of unbranched alkanes of at least 4 members (excludes halogenated alkanes) is 1. The summed E-state index contributed by atoms with van der Waals surface area (Å²) in [6, 6.07) is 6.69. The van der Waals surface area contributed by atoms with E-state index in [0.717, 1.165) is 18.0 Å². The van der Waals surface area contributed by atoms with Crippen molar-refractivity contribution >= 4 is 11.6 Å². The van der Waals surface area contributed by atoms with Gasteiger partial charge in [-0.1, -0.05) is 56.5 Å². The summed E-state index contributed by atoms with van der Waals surface area (Å²) in [5, 5.41) is 4.44. The Morgan fingerprint density at radius 2 is 2.06 bits per heavy atom. The second kappa shape index (κ2) is 6.93. The Hall–Kier alpha value is -0.530. The van der Waals surface area contributed by atoms with Crippen LogP contribution >= 0.6 is 11.6 Å². The molecule has 0 aliphatic carbocycles. The predicted octanol–water partition coefficient (Wildman–Crippen LogP) is 4.49. The molecule has 1 rings (SSSR count). The zero-order valence-corrected chi connectivity index (χ0v) is 11.3. The molecule has 0 saturated carbocycles. The van der Waals surface area contributed by atoms with Gasteiger partial charge in [-0.2, -0.15) is 0 Å². The normalized spacial score (nSPS) is 12.8. The highest BCUT2D eigenvalue weighted by atomic mass is 35.5. The smallest absolute Gasteiger partial charge is 0.0482 e. The van der Waals surface area contributed by atoms with E-state index in [1.165, 1.54) is 24.0 Å². The van der Waals surface area contributed by atoms with Crippen molar-refractivity contribution in [1.29, 1.82) is 0 Å². The van der Waals surface area contributed by atoms with E-state index >= 15 is 0 Å². The van der Waals surface area contributed by atoms with Crippen LogP contribution in [0.5, 0.6) is 0 Å². The first-order valence-corrected chi connectivity index (χ1v) is 6.56. The van der Waals surface area contributed by atoms with Crippen LogP contribution in [0.4, 0.5) is 0 Å². The van der Waals surface area contributed by atoms with Crippen molar-refractivity contribution in [2.24, 2.45) is 0 Å². The Bertz CT molecular complexity index is 323. The molecule has 0 radical (unpaired) electrons. The number of halogens is 1. The Morgan fingerprint density at radius 1 is 1.31 bits per heavy atom. The van der Waals surface area contributed by atoms with Crippen molar-refractivity contribution in [1.82, 2.24) is 5.32 Å². The fraction of sp³-hybridized carbons (Fsp3) is 0.571. The lowest BCUT2D eigenvalue weighted by molar-refractivity contribution is 0.494. The molecule has 0 fully saturated rings. The molecule has 0 aromatic heterocycles. The van der Waals surface area contributed by atoms with Crippen LogP contribution in [0.1, 0.15) is 50.3 Å². The highest BCUT2D eigenvalue weighted by Crippen LogP contribution is 2.28. The maximum atomic E-state index is 6.36. The number of aryl methyl sites for hydroxylation is 1. The van der Waals surface area contributed by atoms with Gasteiger partial charge in [0.2, 0.25) is 0 Å². The number of benzene rings is 1. The van der Waals surface area contributed by atoms with E-state index in [4.69, 9.17) is 11.6 Å². The zero-order valence-electron chi connectivity index (χ0n) is 10.5. The third kappa shape index (κ3) is 3.50. The first-order chi connectivity index (χ1) is 7.70. The fourth-order valence-corrected chi connectivity index (χ4v) is 2.22. The second-order valence-corrected chi connectivity index (χ2v) is 4.61. The molecule has 1 aromatic rings. The van der Waals surface area contributed by atoms with Crippen molar-refractivity contribution in [2.45, 2.75) is 46.1 Å². The Balaban J connectivity index is 2.86. The molecule has 0 aliphatic heterocycles. The maximum absolute atomic E-state index is 6.36. The second-order valence-electron chi connectivity index (χ2n) is 4.23. The highest BCUT2D eigenvalue weighted by Gasteiger charge is 2.13. The van der Waals surface area contributed by atoms with Gasteiger partial charge in [-0.05, 0) is 31.0 Å². The summed E-state index contributed by atoms with van der Waals surface area (Å²) in [6.45, 7) is 7.41. The summed E-state index contributed by atoms with van der Waals surface area (Å²) < 4.78 is 0. The largest absolute Gasteiger partial charge is 0.310 e. The average Bonchev–Trinajstić information content (AvgIpc) is 2.28. The molecule has 0 spiro atoms. The molecule has 1 unspecified atom stereocenters. The third-order valence-electron chi connectivity index (χ3n) is 2.89. The van der Waals surface area contributed by atoms with E-state index in [9.17, 15) is 0 Å². The first-order valence-electron chi connectivity index (χ1n) is 6.19. The van der Waals surface area contributed by atoms with Gasteiger partial charge in [0.15, 0.2) is 0 Å². The van der Waals surface area contributed by atoms with Crippen LogP contribution in [0.2, 0.25) is 5.02 Å². The van der Waals surface area contributed by atoms with Crippen LogP contribution in [0.25, 0.3) is 0 Å². The topological polar surface area (TPSA) is 12.0 Å². The van der Waals surface area contributed by atoms with Crippen LogP contribution < -0.4 is 5.32 Å². The zero-order chi connectivity index (χ0) is 12.0. The standard InChI is InChI=1S/C14H22ClN/c1-4-6-10-13(16-5-2)12-9-7-8-11(3)14(12)15/h7-9,13,16H,4-6,10H2,1-3H3. The summed E-state index contributed by atoms with van der Waals surface area (Å²) in [7, 11) is 0. The quantitative estimate of drug-likeness (QED) is 0.771. The van der Waals surface area contributed by atoms with Crippen LogP contribution in [0.3, 0.4) is 0 Å². The minimum atomic E-state index is 0.400. The van der Waals surface area contributed by atoms with E-state index < -0.39 is 0 Å². The van der Waals surface area contributed by atoms with Crippen LogP contribution in [0.15, 0.2) is 18.2 Å². The maximum Gasteiger partial charge on any atom is 0.0482 e. The number of hydrogen-bond acceptors (Lipinski definition) is 1. The minimum absolute atomic E-state index is 0.400. The molecule has 1 aromatic carbocycles. The molecule has 0 saturated heterocycles. The molecule has 1 N–H and O–H groups in total. The van der Waals surface area contributed by atoms with Gasteiger partial charge < -0.3 is 5.32 Å². The molecule has 90 valence electrons. The Kier molecular flexibility index (Phi) is 5.86. The molecule has 0 heterocycles. The lowest BCUT2D eigenvalue weighted by Gasteiger charge is -2.20. The van der Waals surface area contributed by atoms with Crippen LogP contribution in [0, 0.1) is 6.92 Å². The first kappa shape index (κ1) is 13.5. The van der Waals surface area contributed by atoms with Crippen molar-refractivity contribution in [3.05, 3.63) is 34.3 Å². The summed E-state index contributed by atoms with van der Waals surface area (Å²) in [6.07, 6.45) is 3.63. The van der Waals surface area contributed by atoms with Crippen LogP contribution in [-0.2, 0) is 0 Å². The lowest BCUT2D eigenvalue weighted by Crippen LogP contribution is -2.21. The summed E-state index contributed by atoms with van der Waals surface area (Å²) in [4.78, 5) is 0. The number of hydrogen-bond donors (Lipinski definition) is 1. The SMILES string of the molecule is CCCCC(NCC)c1cccc(C)c1Cl. The van der Waals surface area contributed by atoms with E-state index in [1.54, 1.807) is 0 Å². The number of nitrogens with one attached hydrogen (secondary N) is 1. The van der Waals surface area contributed by atoms with Crippen molar-refractivity contribution in [3.8, 4) is 0 Å².